The fraction of sp³-hybridized carbons (Fsp3) is 0.235. The molecule has 2 aliphatic rings. The molecule has 0 fully saturated rings. The molecule has 1 amide bonds. The first-order valence-corrected chi connectivity index (χ1v) is 7.14. The number of aryl methyl sites for hydroxylation is 2. The van der Waals surface area contributed by atoms with Crippen LogP contribution in [-0.4, -0.2) is 10.9 Å². The van der Waals surface area contributed by atoms with Crippen molar-refractivity contribution < 1.29 is 4.79 Å². The average molecular weight is 264 g/mol. The quantitative estimate of drug-likeness (QED) is 0.762. The van der Waals surface area contributed by atoms with E-state index < -0.39 is 0 Å². The van der Waals surface area contributed by atoms with E-state index in [1.807, 2.05) is 30.3 Å². The molecule has 100 valence electrons. The van der Waals surface area contributed by atoms with Gasteiger partial charge >= 0.3 is 0 Å². The monoisotopic (exact) mass is 264 g/mol. The molecule has 0 bridgehead atoms. The molecule has 4 rings (SSSR count). The third-order valence-electron chi connectivity index (χ3n) is 4.15. The van der Waals surface area contributed by atoms with Crippen LogP contribution < -0.4 is 5.32 Å². The zero-order chi connectivity index (χ0) is 13.5. The van der Waals surface area contributed by atoms with Crippen LogP contribution in [0.4, 0.5) is 5.69 Å². The van der Waals surface area contributed by atoms with E-state index in [0.29, 0.717) is 0 Å². The Morgan fingerprint density at radius 2 is 1.95 bits per heavy atom. The fourth-order valence-electron chi connectivity index (χ4n) is 3.14. The average Bonchev–Trinajstić information content (AvgIpc) is 3.00. The minimum atomic E-state index is -0.0150. The molecule has 3 nitrogen and oxygen atoms in total. The zero-order valence-electron chi connectivity index (χ0n) is 11.2. The Bertz CT molecular complexity index is 701. The summed E-state index contributed by atoms with van der Waals surface area (Å²) in [6.07, 6.45) is 6.77. The highest BCUT2D eigenvalue weighted by Crippen LogP contribution is 2.33. The van der Waals surface area contributed by atoms with Gasteiger partial charge in [-0.15, -0.1) is 0 Å². The van der Waals surface area contributed by atoms with E-state index in [0.717, 1.165) is 35.4 Å². The van der Waals surface area contributed by atoms with Crippen molar-refractivity contribution in [2.75, 3.05) is 5.32 Å². The molecule has 0 radical (unpaired) electrons. The van der Waals surface area contributed by atoms with Gasteiger partial charge in [-0.2, -0.15) is 0 Å². The summed E-state index contributed by atoms with van der Waals surface area (Å²) in [6, 6.07) is 10.0. The third kappa shape index (κ3) is 1.78. The van der Waals surface area contributed by atoms with Crippen LogP contribution in [0.2, 0.25) is 0 Å². The van der Waals surface area contributed by atoms with Gasteiger partial charge in [0.2, 0.25) is 0 Å². The standard InChI is InChI=1S/C17H16N2O/c20-17-14(13-6-2-4-8-16(13)19-17)10-12-9-11-5-1-3-7-15(11)18-12/h2,4,6,8-10,18H,1,3,5,7H2,(H,19,20)/b14-10+. The summed E-state index contributed by atoms with van der Waals surface area (Å²) in [4.78, 5) is 15.5. The van der Waals surface area contributed by atoms with Gasteiger partial charge in [0, 0.05) is 22.6 Å². The number of carbonyl (C=O) groups is 1. The van der Waals surface area contributed by atoms with Crippen LogP contribution in [0.1, 0.15) is 35.4 Å². The number of para-hydroxylation sites is 1. The van der Waals surface area contributed by atoms with Crippen LogP contribution in [-0.2, 0) is 17.6 Å². The van der Waals surface area contributed by atoms with Crippen LogP contribution in [0.5, 0.6) is 0 Å². The van der Waals surface area contributed by atoms with Crippen molar-refractivity contribution in [3.8, 4) is 0 Å². The van der Waals surface area contributed by atoms with Crippen LogP contribution >= 0.6 is 0 Å². The highest BCUT2D eigenvalue weighted by Gasteiger charge is 2.23. The normalized spacial score (nSPS) is 18.8. The lowest BCUT2D eigenvalue weighted by molar-refractivity contribution is -0.110. The van der Waals surface area contributed by atoms with E-state index in [9.17, 15) is 4.79 Å². The number of anilines is 1. The van der Waals surface area contributed by atoms with Crippen LogP contribution in [0, 0.1) is 0 Å². The van der Waals surface area contributed by atoms with Gasteiger partial charge in [-0.05, 0) is 49.5 Å². The van der Waals surface area contributed by atoms with Crippen molar-refractivity contribution >= 4 is 23.2 Å². The van der Waals surface area contributed by atoms with Gasteiger partial charge in [0.05, 0.1) is 5.57 Å². The van der Waals surface area contributed by atoms with Gasteiger partial charge in [0.25, 0.3) is 5.91 Å². The van der Waals surface area contributed by atoms with Gasteiger partial charge in [0.1, 0.15) is 0 Å². The van der Waals surface area contributed by atoms with E-state index >= 15 is 0 Å². The van der Waals surface area contributed by atoms with E-state index in [2.05, 4.69) is 16.4 Å². The first-order chi connectivity index (χ1) is 9.81. The molecular formula is C17H16N2O. The maximum absolute atomic E-state index is 12.1. The molecule has 2 aromatic rings. The molecule has 0 unspecified atom stereocenters. The van der Waals surface area contributed by atoms with Crippen molar-refractivity contribution in [3.05, 3.63) is 52.8 Å². The highest BCUT2D eigenvalue weighted by atomic mass is 16.2. The molecule has 3 heteroatoms. The molecule has 1 aromatic carbocycles. The van der Waals surface area contributed by atoms with Crippen LogP contribution in [0.25, 0.3) is 11.6 Å². The maximum Gasteiger partial charge on any atom is 0.256 e. The van der Waals surface area contributed by atoms with Gasteiger partial charge in [-0.25, -0.2) is 0 Å². The minimum absolute atomic E-state index is 0.0150. The molecule has 0 saturated carbocycles. The number of carbonyl (C=O) groups excluding carboxylic acids is 1. The number of fused-ring (bicyclic) bond motifs is 2. The molecular weight excluding hydrogens is 248 g/mol. The molecule has 0 atom stereocenters. The predicted molar refractivity (Wildman–Crippen MR) is 80.4 cm³/mol. The number of amides is 1. The van der Waals surface area contributed by atoms with Crippen molar-refractivity contribution in [2.24, 2.45) is 0 Å². The van der Waals surface area contributed by atoms with Gasteiger partial charge in [-0.3, -0.25) is 4.79 Å². The summed E-state index contributed by atoms with van der Waals surface area (Å²) >= 11 is 0. The predicted octanol–water partition coefficient (Wildman–Crippen LogP) is 3.39. The number of aromatic amines is 1. The molecule has 1 aliphatic carbocycles. The van der Waals surface area contributed by atoms with E-state index in [1.165, 1.54) is 24.1 Å². The van der Waals surface area contributed by atoms with Crippen molar-refractivity contribution in [1.29, 1.82) is 0 Å². The fourth-order valence-corrected chi connectivity index (χ4v) is 3.14. The lowest BCUT2D eigenvalue weighted by Crippen LogP contribution is -2.03. The van der Waals surface area contributed by atoms with Crippen molar-refractivity contribution in [3.63, 3.8) is 0 Å². The molecule has 0 spiro atoms. The molecule has 2 N–H and O–H groups in total. The number of nitrogens with one attached hydrogen (secondary N) is 2. The minimum Gasteiger partial charge on any atom is -0.359 e. The summed E-state index contributed by atoms with van der Waals surface area (Å²) < 4.78 is 0. The second kappa shape index (κ2) is 4.37. The number of rotatable bonds is 1. The second-order valence-electron chi connectivity index (χ2n) is 5.49. The van der Waals surface area contributed by atoms with Gasteiger partial charge in [0.15, 0.2) is 0 Å². The smallest absolute Gasteiger partial charge is 0.256 e. The molecule has 20 heavy (non-hydrogen) atoms. The molecule has 2 heterocycles. The first-order valence-electron chi connectivity index (χ1n) is 7.14. The Hall–Kier alpha value is -2.29. The Kier molecular flexibility index (Phi) is 2.52. The van der Waals surface area contributed by atoms with Crippen molar-refractivity contribution in [1.82, 2.24) is 4.98 Å². The highest BCUT2D eigenvalue weighted by molar-refractivity contribution is 6.34. The summed E-state index contributed by atoms with van der Waals surface area (Å²) in [5.74, 6) is -0.0150. The van der Waals surface area contributed by atoms with E-state index in [-0.39, 0.29) is 5.91 Å². The third-order valence-corrected chi connectivity index (χ3v) is 4.15. The SMILES string of the molecule is O=C1Nc2ccccc2/C1=C\c1cc2c([nH]1)CCCC2. The maximum atomic E-state index is 12.1. The molecule has 0 saturated heterocycles. The Morgan fingerprint density at radius 1 is 1.10 bits per heavy atom. The number of benzene rings is 1. The van der Waals surface area contributed by atoms with E-state index in [1.54, 1.807) is 0 Å². The molecule has 1 aliphatic heterocycles. The topological polar surface area (TPSA) is 44.9 Å². The number of hydrogen-bond acceptors (Lipinski definition) is 1. The van der Waals surface area contributed by atoms with Crippen LogP contribution in [0.3, 0.4) is 0 Å². The lowest BCUT2D eigenvalue weighted by atomic mass is 9.98. The van der Waals surface area contributed by atoms with Gasteiger partial charge < -0.3 is 10.3 Å². The number of hydrogen-bond donors (Lipinski definition) is 2. The largest absolute Gasteiger partial charge is 0.359 e. The van der Waals surface area contributed by atoms with Crippen LogP contribution in [0.15, 0.2) is 30.3 Å². The lowest BCUT2D eigenvalue weighted by Gasteiger charge is -2.08. The van der Waals surface area contributed by atoms with Gasteiger partial charge in [-0.1, -0.05) is 18.2 Å². The summed E-state index contributed by atoms with van der Waals surface area (Å²) in [6.45, 7) is 0. The van der Waals surface area contributed by atoms with Crippen molar-refractivity contribution in [2.45, 2.75) is 25.7 Å². The summed E-state index contributed by atoms with van der Waals surface area (Å²) in [5, 5.41) is 2.91. The molecule has 1 aromatic heterocycles. The summed E-state index contributed by atoms with van der Waals surface area (Å²) in [5.41, 5.74) is 6.44. The Balaban J connectivity index is 1.77. The zero-order valence-corrected chi connectivity index (χ0v) is 11.2. The second-order valence-corrected chi connectivity index (χ2v) is 5.49. The Morgan fingerprint density at radius 3 is 2.85 bits per heavy atom. The van der Waals surface area contributed by atoms with E-state index in [4.69, 9.17) is 0 Å². The number of aromatic nitrogens is 1. The first kappa shape index (κ1) is 11.5. The number of H-pyrrole nitrogens is 1. The summed E-state index contributed by atoms with van der Waals surface area (Å²) in [7, 11) is 0. The Labute approximate surface area is 117 Å².